The number of rotatable bonds is 9. The third kappa shape index (κ3) is 7.45. The van der Waals surface area contributed by atoms with Gasteiger partial charge in [-0.2, -0.15) is 0 Å². The van der Waals surface area contributed by atoms with Crippen LogP contribution in [0.5, 0.6) is 0 Å². The van der Waals surface area contributed by atoms with E-state index in [9.17, 15) is 0 Å². The molecule has 0 aromatic rings. The Kier molecular flexibility index (Phi) is 7.98. The minimum Gasteiger partial charge on any atom is -0.0696 e. The highest BCUT2D eigenvalue weighted by Gasteiger charge is 2.36. The molecule has 0 aliphatic rings. The van der Waals surface area contributed by atoms with E-state index in [2.05, 4.69) is 46.6 Å². The van der Waals surface area contributed by atoms with E-state index in [1.54, 1.807) is 6.04 Å². The maximum Gasteiger partial charge on any atom is 0.0475 e. The van der Waals surface area contributed by atoms with E-state index in [-0.39, 0.29) is 0 Å². The van der Waals surface area contributed by atoms with Gasteiger partial charge in [0, 0.05) is 16.1 Å². The molecule has 0 rings (SSSR count). The summed E-state index contributed by atoms with van der Waals surface area (Å²) in [6.07, 6.45) is 8.72. The van der Waals surface area contributed by atoms with Crippen LogP contribution in [0.3, 0.4) is 0 Å². The lowest BCUT2D eigenvalue weighted by Crippen LogP contribution is -2.44. The van der Waals surface area contributed by atoms with Crippen LogP contribution in [0.25, 0.3) is 0 Å². The molecule has 0 fully saturated rings. The fourth-order valence-electron chi connectivity index (χ4n) is 2.75. The van der Waals surface area contributed by atoms with Crippen molar-refractivity contribution in [1.82, 2.24) is 0 Å². The summed E-state index contributed by atoms with van der Waals surface area (Å²) in [7, 11) is -1.86. The van der Waals surface area contributed by atoms with Crippen molar-refractivity contribution in [1.29, 1.82) is 0 Å². The normalized spacial score (nSPS) is 15.0. The standard InChI is InChI=1S/C15H36Si2/c1-8-9-10-11-12-13-14-17(6,7)15(2)16(3,4)5/h15H,8-14H2,1-7H3. The fraction of sp³-hybridized carbons (Fsp3) is 1.00. The predicted molar refractivity (Wildman–Crippen MR) is 88.4 cm³/mol. The Labute approximate surface area is 113 Å². The second-order valence-electron chi connectivity index (χ2n) is 7.59. The van der Waals surface area contributed by atoms with Gasteiger partial charge in [0.2, 0.25) is 0 Å². The summed E-state index contributed by atoms with van der Waals surface area (Å²) in [5.74, 6) is 0. The monoisotopic (exact) mass is 272 g/mol. The number of hydrogen-bond donors (Lipinski definition) is 0. The minimum atomic E-state index is -0.949. The molecule has 0 aromatic carbocycles. The number of unbranched alkanes of at least 4 members (excludes halogenated alkanes) is 5. The Morgan fingerprint density at radius 2 is 1.24 bits per heavy atom. The molecular weight excluding hydrogens is 236 g/mol. The van der Waals surface area contributed by atoms with Crippen LogP contribution < -0.4 is 0 Å². The van der Waals surface area contributed by atoms with E-state index >= 15 is 0 Å². The highest BCUT2D eigenvalue weighted by atomic mass is 28.4. The zero-order chi connectivity index (χ0) is 13.5. The van der Waals surface area contributed by atoms with Crippen molar-refractivity contribution in [3.05, 3.63) is 0 Å². The molecule has 1 atom stereocenters. The van der Waals surface area contributed by atoms with Crippen molar-refractivity contribution < 1.29 is 0 Å². The molecule has 0 saturated carbocycles. The quantitative estimate of drug-likeness (QED) is 0.340. The second-order valence-corrected chi connectivity index (χ2v) is 19.1. The minimum absolute atomic E-state index is 0.915. The van der Waals surface area contributed by atoms with E-state index in [0.29, 0.717) is 0 Å². The van der Waals surface area contributed by atoms with Crippen LogP contribution in [-0.2, 0) is 0 Å². The van der Waals surface area contributed by atoms with Gasteiger partial charge in [0.05, 0.1) is 0 Å². The highest BCUT2D eigenvalue weighted by Crippen LogP contribution is 2.35. The lowest BCUT2D eigenvalue weighted by atomic mass is 10.1. The summed E-state index contributed by atoms with van der Waals surface area (Å²) in [6.45, 7) is 17.8. The smallest absolute Gasteiger partial charge is 0.0475 e. The van der Waals surface area contributed by atoms with Gasteiger partial charge in [-0.3, -0.25) is 0 Å². The van der Waals surface area contributed by atoms with E-state index in [1.807, 2.05) is 0 Å². The van der Waals surface area contributed by atoms with Crippen molar-refractivity contribution in [2.24, 2.45) is 0 Å². The molecule has 0 spiro atoms. The first-order chi connectivity index (χ1) is 7.72. The van der Waals surface area contributed by atoms with Crippen molar-refractivity contribution >= 4 is 16.1 Å². The van der Waals surface area contributed by atoms with Crippen LogP contribution in [-0.4, -0.2) is 16.1 Å². The first-order valence-corrected chi connectivity index (χ1v) is 14.6. The Bertz CT molecular complexity index is 192. The van der Waals surface area contributed by atoms with Gasteiger partial charge in [-0.1, -0.05) is 96.3 Å². The number of hydrogen-bond acceptors (Lipinski definition) is 0. The van der Waals surface area contributed by atoms with Crippen molar-refractivity contribution in [2.75, 3.05) is 0 Å². The molecule has 2 heteroatoms. The molecule has 0 aliphatic carbocycles. The molecule has 0 nitrogen and oxygen atoms in total. The zero-order valence-corrected chi connectivity index (χ0v) is 15.5. The Balaban J connectivity index is 3.86. The summed E-state index contributed by atoms with van der Waals surface area (Å²) in [5, 5.41) is 1.06. The van der Waals surface area contributed by atoms with Gasteiger partial charge in [-0.05, 0) is 0 Å². The lowest BCUT2D eigenvalue weighted by molar-refractivity contribution is 0.622. The molecule has 1 unspecified atom stereocenters. The molecule has 0 aromatic heterocycles. The maximum atomic E-state index is 2.63. The van der Waals surface area contributed by atoms with Crippen molar-refractivity contribution in [3.8, 4) is 0 Å². The molecule has 0 radical (unpaired) electrons. The molecular formula is C15H36Si2. The zero-order valence-electron chi connectivity index (χ0n) is 13.5. The van der Waals surface area contributed by atoms with Crippen LogP contribution >= 0.6 is 0 Å². The van der Waals surface area contributed by atoms with Crippen molar-refractivity contribution in [2.45, 2.75) is 96.3 Å². The topological polar surface area (TPSA) is 0 Å². The molecule has 0 bridgehead atoms. The SMILES string of the molecule is CCCCCCCC[Si](C)(C)C(C)[Si](C)(C)C. The highest BCUT2D eigenvalue weighted by molar-refractivity contribution is 6.96. The van der Waals surface area contributed by atoms with E-state index in [1.165, 1.54) is 38.5 Å². The van der Waals surface area contributed by atoms with Gasteiger partial charge < -0.3 is 0 Å². The van der Waals surface area contributed by atoms with Crippen LogP contribution in [0.4, 0.5) is 0 Å². The Morgan fingerprint density at radius 1 is 0.765 bits per heavy atom. The average molecular weight is 273 g/mol. The predicted octanol–water partition coefficient (Wildman–Crippen LogP) is 6.32. The van der Waals surface area contributed by atoms with E-state index < -0.39 is 16.1 Å². The van der Waals surface area contributed by atoms with E-state index in [4.69, 9.17) is 0 Å². The first kappa shape index (κ1) is 17.4. The second kappa shape index (κ2) is 7.78. The van der Waals surface area contributed by atoms with Gasteiger partial charge in [0.15, 0.2) is 0 Å². The molecule has 17 heavy (non-hydrogen) atoms. The molecule has 0 N–H and O–H groups in total. The summed E-state index contributed by atoms with van der Waals surface area (Å²) in [5.41, 5.74) is 0. The lowest BCUT2D eigenvalue weighted by Gasteiger charge is -2.38. The van der Waals surface area contributed by atoms with Gasteiger partial charge in [0.25, 0.3) is 0 Å². The fourth-order valence-corrected chi connectivity index (χ4v) is 14.2. The van der Waals surface area contributed by atoms with Crippen LogP contribution in [0.15, 0.2) is 0 Å². The maximum absolute atomic E-state index is 2.63. The third-order valence-electron chi connectivity index (χ3n) is 4.65. The van der Waals surface area contributed by atoms with Crippen LogP contribution in [0.2, 0.25) is 43.9 Å². The summed E-state index contributed by atoms with van der Waals surface area (Å²) >= 11 is 0. The van der Waals surface area contributed by atoms with Gasteiger partial charge in [-0.15, -0.1) is 0 Å². The largest absolute Gasteiger partial charge is 0.0696 e. The third-order valence-corrected chi connectivity index (χ3v) is 16.2. The Morgan fingerprint density at radius 3 is 1.71 bits per heavy atom. The summed E-state index contributed by atoms with van der Waals surface area (Å²) in [6, 6.07) is 1.56. The van der Waals surface area contributed by atoms with Gasteiger partial charge in [0.1, 0.15) is 0 Å². The molecule has 0 saturated heterocycles. The molecule has 0 amide bonds. The van der Waals surface area contributed by atoms with Crippen LogP contribution in [0, 0.1) is 0 Å². The summed E-state index contributed by atoms with van der Waals surface area (Å²) in [4.78, 5) is 0. The van der Waals surface area contributed by atoms with Crippen LogP contribution in [0.1, 0.15) is 52.4 Å². The van der Waals surface area contributed by atoms with E-state index in [0.717, 1.165) is 5.16 Å². The molecule has 0 aliphatic heterocycles. The first-order valence-electron chi connectivity index (χ1n) is 7.72. The molecule has 0 heterocycles. The summed E-state index contributed by atoms with van der Waals surface area (Å²) < 4.78 is 0. The van der Waals surface area contributed by atoms with Gasteiger partial charge >= 0.3 is 0 Å². The Hall–Kier alpha value is 0.434. The molecule has 104 valence electrons. The van der Waals surface area contributed by atoms with Crippen molar-refractivity contribution in [3.63, 3.8) is 0 Å². The van der Waals surface area contributed by atoms with Gasteiger partial charge in [-0.25, -0.2) is 0 Å². The average Bonchev–Trinajstić information content (AvgIpc) is 2.20.